The van der Waals surface area contributed by atoms with Crippen molar-refractivity contribution >= 4 is 21.8 Å². The van der Waals surface area contributed by atoms with E-state index in [1.165, 1.54) is 12.1 Å². The molecule has 19 heavy (non-hydrogen) atoms. The van der Waals surface area contributed by atoms with Crippen molar-refractivity contribution in [3.8, 4) is 0 Å². The maximum Gasteiger partial charge on any atom is 0.258 e. The number of sulfonamides is 1. The van der Waals surface area contributed by atoms with Crippen molar-refractivity contribution in [1.82, 2.24) is 10.0 Å². The molecular formula is C11H12N2O5S. The molecule has 1 aliphatic heterocycles. The van der Waals surface area contributed by atoms with Crippen molar-refractivity contribution in [2.75, 3.05) is 13.2 Å². The summed E-state index contributed by atoms with van der Waals surface area (Å²) in [5.41, 5.74) is 0.217. The van der Waals surface area contributed by atoms with Crippen LogP contribution in [-0.4, -0.2) is 38.5 Å². The number of nitrogens with one attached hydrogen (secondary N) is 2. The molecular weight excluding hydrogens is 272 g/mol. The predicted octanol–water partition coefficient (Wildman–Crippen LogP) is -0.769. The van der Waals surface area contributed by atoms with E-state index in [-0.39, 0.29) is 29.2 Å². The Balaban J connectivity index is 2.30. The molecule has 8 heteroatoms. The number of hydrogen-bond acceptors (Lipinski definition) is 5. The molecule has 102 valence electrons. The standard InChI is InChI=1S/C11H12N2O5S/c14-5-1-4-12-19(17,18)7-2-3-8-9(6-7)11(16)13-10(8)15/h2-3,6,12,14H,1,4-5H2,(H,13,15,16). The van der Waals surface area contributed by atoms with Gasteiger partial charge in [-0.25, -0.2) is 13.1 Å². The fourth-order valence-electron chi connectivity index (χ4n) is 1.68. The lowest BCUT2D eigenvalue weighted by Gasteiger charge is -2.06. The van der Waals surface area contributed by atoms with E-state index in [1.807, 2.05) is 0 Å². The third-order valence-electron chi connectivity index (χ3n) is 2.64. The topological polar surface area (TPSA) is 113 Å². The summed E-state index contributed by atoms with van der Waals surface area (Å²) in [4.78, 5) is 22.7. The first kappa shape index (κ1) is 13.7. The predicted molar refractivity (Wildman–Crippen MR) is 65.1 cm³/mol. The first-order valence-corrected chi connectivity index (χ1v) is 7.04. The number of hydrogen-bond donors (Lipinski definition) is 3. The van der Waals surface area contributed by atoms with E-state index in [4.69, 9.17) is 5.11 Å². The summed E-state index contributed by atoms with van der Waals surface area (Å²) in [5, 5.41) is 10.7. The van der Waals surface area contributed by atoms with Gasteiger partial charge in [-0.2, -0.15) is 0 Å². The number of amides is 2. The normalized spacial score (nSPS) is 14.4. The summed E-state index contributed by atoms with van der Waals surface area (Å²) >= 11 is 0. The molecule has 0 saturated heterocycles. The zero-order valence-electron chi connectivity index (χ0n) is 9.84. The largest absolute Gasteiger partial charge is 0.396 e. The molecule has 0 bridgehead atoms. The molecule has 1 aliphatic rings. The summed E-state index contributed by atoms with van der Waals surface area (Å²) in [7, 11) is -3.75. The van der Waals surface area contributed by atoms with Crippen LogP contribution in [0.3, 0.4) is 0 Å². The molecule has 0 spiro atoms. The Morgan fingerprint density at radius 3 is 2.53 bits per heavy atom. The zero-order valence-corrected chi connectivity index (χ0v) is 10.7. The number of carbonyl (C=O) groups is 2. The lowest BCUT2D eigenvalue weighted by atomic mass is 10.1. The number of imide groups is 1. The van der Waals surface area contributed by atoms with Gasteiger partial charge in [0.1, 0.15) is 0 Å². The van der Waals surface area contributed by atoms with Crippen molar-refractivity contribution in [1.29, 1.82) is 0 Å². The van der Waals surface area contributed by atoms with E-state index in [0.717, 1.165) is 6.07 Å². The van der Waals surface area contributed by atoms with Crippen LogP contribution in [0.4, 0.5) is 0 Å². The van der Waals surface area contributed by atoms with Gasteiger partial charge in [0.05, 0.1) is 16.0 Å². The molecule has 0 radical (unpaired) electrons. The summed E-state index contributed by atoms with van der Waals surface area (Å²) in [5.74, 6) is -1.13. The van der Waals surface area contributed by atoms with Gasteiger partial charge in [-0.05, 0) is 24.6 Å². The van der Waals surface area contributed by atoms with Gasteiger partial charge in [-0.15, -0.1) is 0 Å². The van der Waals surface area contributed by atoms with Crippen LogP contribution >= 0.6 is 0 Å². The quantitative estimate of drug-likeness (QED) is 0.485. The van der Waals surface area contributed by atoms with Gasteiger partial charge in [0, 0.05) is 13.2 Å². The van der Waals surface area contributed by atoms with E-state index >= 15 is 0 Å². The van der Waals surface area contributed by atoms with Crippen LogP contribution in [0.5, 0.6) is 0 Å². The molecule has 2 rings (SSSR count). The molecule has 7 nitrogen and oxygen atoms in total. The van der Waals surface area contributed by atoms with Gasteiger partial charge in [0.2, 0.25) is 10.0 Å². The van der Waals surface area contributed by atoms with Gasteiger partial charge in [0.15, 0.2) is 0 Å². The van der Waals surface area contributed by atoms with Crippen LogP contribution in [0.15, 0.2) is 23.1 Å². The Morgan fingerprint density at radius 2 is 1.84 bits per heavy atom. The molecule has 1 aromatic rings. The Hall–Kier alpha value is -1.77. The molecule has 0 aromatic heterocycles. The van der Waals surface area contributed by atoms with Gasteiger partial charge < -0.3 is 5.11 Å². The van der Waals surface area contributed by atoms with Crippen LogP contribution in [0.1, 0.15) is 27.1 Å². The lowest BCUT2D eigenvalue weighted by molar-refractivity contribution is 0.0879. The minimum atomic E-state index is -3.75. The minimum Gasteiger partial charge on any atom is -0.396 e. The van der Waals surface area contributed by atoms with E-state index in [0.29, 0.717) is 6.42 Å². The number of aliphatic hydroxyl groups excluding tert-OH is 1. The van der Waals surface area contributed by atoms with Crippen LogP contribution in [0.25, 0.3) is 0 Å². The van der Waals surface area contributed by atoms with Gasteiger partial charge >= 0.3 is 0 Å². The van der Waals surface area contributed by atoms with Crippen molar-refractivity contribution in [3.05, 3.63) is 29.3 Å². The monoisotopic (exact) mass is 284 g/mol. The highest BCUT2D eigenvalue weighted by atomic mass is 32.2. The third kappa shape index (κ3) is 2.65. The summed E-state index contributed by atoms with van der Waals surface area (Å²) in [6, 6.07) is 3.73. The van der Waals surface area contributed by atoms with E-state index in [9.17, 15) is 18.0 Å². The zero-order chi connectivity index (χ0) is 14.0. The molecule has 1 heterocycles. The molecule has 0 atom stereocenters. The maximum atomic E-state index is 11.9. The molecule has 0 unspecified atom stereocenters. The van der Waals surface area contributed by atoms with Crippen molar-refractivity contribution in [2.45, 2.75) is 11.3 Å². The van der Waals surface area contributed by atoms with E-state index < -0.39 is 21.8 Å². The smallest absolute Gasteiger partial charge is 0.258 e. The fraction of sp³-hybridized carbons (Fsp3) is 0.273. The van der Waals surface area contributed by atoms with Crippen molar-refractivity contribution in [3.63, 3.8) is 0 Å². The highest BCUT2D eigenvalue weighted by Gasteiger charge is 2.28. The molecule has 0 saturated carbocycles. The van der Waals surface area contributed by atoms with Gasteiger partial charge in [-0.1, -0.05) is 0 Å². The second-order valence-corrected chi connectivity index (χ2v) is 5.73. The minimum absolute atomic E-state index is 0.0510. The Kier molecular flexibility index (Phi) is 3.65. The first-order valence-electron chi connectivity index (χ1n) is 5.56. The average Bonchev–Trinajstić information content (AvgIpc) is 2.65. The number of carbonyl (C=O) groups excluding carboxylic acids is 2. The SMILES string of the molecule is O=C1NC(=O)c2cc(S(=O)(=O)NCCCO)ccc21. The van der Waals surface area contributed by atoms with Crippen LogP contribution in [0.2, 0.25) is 0 Å². The molecule has 3 N–H and O–H groups in total. The van der Waals surface area contributed by atoms with Gasteiger partial charge in [0.25, 0.3) is 11.8 Å². The van der Waals surface area contributed by atoms with E-state index in [2.05, 4.69) is 10.0 Å². The second kappa shape index (κ2) is 5.08. The number of fused-ring (bicyclic) bond motifs is 1. The van der Waals surface area contributed by atoms with Crippen LogP contribution < -0.4 is 10.0 Å². The second-order valence-electron chi connectivity index (χ2n) is 3.97. The average molecular weight is 284 g/mol. The van der Waals surface area contributed by atoms with Crippen LogP contribution in [0, 0.1) is 0 Å². The fourth-order valence-corrected chi connectivity index (χ4v) is 2.78. The molecule has 0 aliphatic carbocycles. The number of benzene rings is 1. The summed E-state index contributed by atoms with van der Waals surface area (Å²) in [6.45, 7) is -0.0232. The summed E-state index contributed by atoms with van der Waals surface area (Å²) in [6.07, 6.45) is 0.295. The summed E-state index contributed by atoms with van der Waals surface area (Å²) < 4.78 is 26.1. The van der Waals surface area contributed by atoms with Crippen molar-refractivity contribution in [2.24, 2.45) is 0 Å². The first-order chi connectivity index (χ1) is 8.95. The lowest BCUT2D eigenvalue weighted by Crippen LogP contribution is -2.25. The highest BCUT2D eigenvalue weighted by molar-refractivity contribution is 7.89. The van der Waals surface area contributed by atoms with Crippen molar-refractivity contribution < 1.29 is 23.1 Å². The molecule has 0 fully saturated rings. The number of aliphatic hydroxyl groups is 1. The Morgan fingerprint density at radius 1 is 1.16 bits per heavy atom. The van der Waals surface area contributed by atoms with Crippen LogP contribution in [-0.2, 0) is 10.0 Å². The molecule has 1 aromatic carbocycles. The molecule has 2 amide bonds. The van der Waals surface area contributed by atoms with Gasteiger partial charge in [-0.3, -0.25) is 14.9 Å². The Labute approximate surface area is 109 Å². The Bertz CT molecular complexity index is 638. The highest BCUT2D eigenvalue weighted by Crippen LogP contribution is 2.20. The van der Waals surface area contributed by atoms with E-state index in [1.54, 1.807) is 0 Å². The maximum absolute atomic E-state index is 11.9. The third-order valence-corrected chi connectivity index (χ3v) is 4.10. The number of rotatable bonds is 5.